The molecule has 0 spiro atoms. The summed E-state index contributed by atoms with van der Waals surface area (Å²) in [5.41, 5.74) is 1.13. The van der Waals surface area contributed by atoms with Crippen molar-refractivity contribution in [2.75, 3.05) is 0 Å². The average molecular weight is 235 g/mol. The summed E-state index contributed by atoms with van der Waals surface area (Å²) >= 11 is 0. The molecule has 0 fully saturated rings. The molecule has 0 radical (unpaired) electrons. The molecular weight excluding hydrogens is 220 g/mol. The minimum atomic E-state index is -0.885. The summed E-state index contributed by atoms with van der Waals surface area (Å²) in [6, 6.07) is 5.73. The lowest BCUT2D eigenvalue weighted by Gasteiger charge is -1.99. The Morgan fingerprint density at radius 2 is 2.06 bits per heavy atom. The number of benzene rings is 1. The first kappa shape index (κ1) is 13.4. The van der Waals surface area contributed by atoms with Gasteiger partial charge in [-0.1, -0.05) is 25.8 Å². The third-order valence-electron chi connectivity index (χ3n) is 2.48. The molecule has 0 aromatic heterocycles. The SMILES string of the molecule is CCCCC/C(C#N)=C/c1ccc(F)c(F)c1. The fourth-order valence-corrected chi connectivity index (χ4v) is 1.53. The Balaban J connectivity index is 2.77. The normalized spacial score (nSPS) is 11.3. The van der Waals surface area contributed by atoms with Crippen molar-refractivity contribution in [3.05, 3.63) is 41.0 Å². The van der Waals surface area contributed by atoms with Crippen LogP contribution in [-0.2, 0) is 0 Å². The Labute approximate surface area is 100 Å². The van der Waals surface area contributed by atoms with E-state index < -0.39 is 11.6 Å². The summed E-state index contributed by atoms with van der Waals surface area (Å²) in [5, 5.41) is 8.92. The summed E-state index contributed by atoms with van der Waals surface area (Å²) in [6.07, 6.45) is 5.39. The number of nitriles is 1. The molecule has 0 aliphatic carbocycles. The first-order valence-corrected chi connectivity index (χ1v) is 5.73. The third kappa shape index (κ3) is 4.36. The predicted octanol–water partition coefficient (Wildman–Crippen LogP) is 4.45. The van der Waals surface area contributed by atoms with Crippen LogP contribution < -0.4 is 0 Å². The molecular formula is C14H15F2N. The number of allylic oxidation sites excluding steroid dienone is 1. The highest BCUT2D eigenvalue weighted by Crippen LogP contribution is 2.15. The number of hydrogen-bond donors (Lipinski definition) is 0. The van der Waals surface area contributed by atoms with E-state index in [2.05, 4.69) is 13.0 Å². The highest BCUT2D eigenvalue weighted by molar-refractivity contribution is 5.56. The minimum Gasteiger partial charge on any atom is -0.204 e. The molecule has 0 atom stereocenters. The summed E-state index contributed by atoms with van der Waals surface area (Å²) in [6.45, 7) is 2.09. The van der Waals surface area contributed by atoms with E-state index in [9.17, 15) is 8.78 Å². The number of nitrogens with zero attached hydrogens (tertiary/aromatic N) is 1. The van der Waals surface area contributed by atoms with Gasteiger partial charge in [0.2, 0.25) is 0 Å². The van der Waals surface area contributed by atoms with Gasteiger partial charge in [0.1, 0.15) is 0 Å². The van der Waals surface area contributed by atoms with E-state index in [0.29, 0.717) is 17.6 Å². The van der Waals surface area contributed by atoms with Gasteiger partial charge in [0.25, 0.3) is 0 Å². The Morgan fingerprint density at radius 3 is 2.65 bits per heavy atom. The van der Waals surface area contributed by atoms with Gasteiger partial charge in [0.05, 0.1) is 6.07 Å². The second-order valence-electron chi connectivity index (χ2n) is 3.91. The predicted molar refractivity (Wildman–Crippen MR) is 64.1 cm³/mol. The molecule has 0 saturated heterocycles. The average Bonchev–Trinajstić information content (AvgIpc) is 2.32. The maximum absolute atomic E-state index is 13.0. The van der Waals surface area contributed by atoms with E-state index in [1.807, 2.05) is 0 Å². The molecule has 0 amide bonds. The van der Waals surface area contributed by atoms with Crippen LogP contribution in [0.4, 0.5) is 8.78 Å². The van der Waals surface area contributed by atoms with Crippen molar-refractivity contribution in [3.63, 3.8) is 0 Å². The van der Waals surface area contributed by atoms with Gasteiger partial charge in [-0.3, -0.25) is 0 Å². The second kappa shape index (κ2) is 6.80. The van der Waals surface area contributed by atoms with Crippen molar-refractivity contribution in [1.29, 1.82) is 5.26 Å². The second-order valence-corrected chi connectivity index (χ2v) is 3.91. The van der Waals surface area contributed by atoms with Crippen LogP contribution in [0, 0.1) is 23.0 Å². The highest BCUT2D eigenvalue weighted by Gasteiger charge is 2.02. The van der Waals surface area contributed by atoms with Crippen LogP contribution in [0.1, 0.15) is 38.2 Å². The van der Waals surface area contributed by atoms with Gasteiger partial charge in [0, 0.05) is 5.57 Å². The van der Waals surface area contributed by atoms with Crippen LogP contribution in [0.2, 0.25) is 0 Å². The maximum Gasteiger partial charge on any atom is 0.159 e. The summed E-state index contributed by atoms with van der Waals surface area (Å²) in [7, 11) is 0. The van der Waals surface area contributed by atoms with Crippen molar-refractivity contribution >= 4 is 6.08 Å². The molecule has 0 saturated carbocycles. The summed E-state index contributed by atoms with van der Waals surface area (Å²) < 4.78 is 25.7. The number of halogens is 2. The van der Waals surface area contributed by atoms with Gasteiger partial charge in [0.15, 0.2) is 11.6 Å². The van der Waals surface area contributed by atoms with Gasteiger partial charge in [-0.25, -0.2) is 8.78 Å². The molecule has 0 N–H and O–H groups in total. The minimum absolute atomic E-state index is 0.525. The van der Waals surface area contributed by atoms with Crippen molar-refractivity contribution in [3.8, 4) is 6.07 Å². The Hall–Kier alpha value is -1.69. The molecule has 3 heteroatoms. The topological polar surface area (TPSA) is 23.8 Å². The molecule has 0 unspecified atom stereocenters. The molecule has 1 aromatic carbocycles. The van der Waals surface area contributed by atoms with Crippen molar-refractivity contribution < 1.29 is 8.78 Å². The Morgan fingerprint density at radius 1 is 1.29 bits per heavy atom. The molecule has 1 rings (SSSR count). The van der Waals surface area contributed by atoms with Gasteiger partial charge in [-0.05, 0) is 36.6 Å². The molecule has 0 aliphatic rings. The van der Waals surface area contributed by atoms with Crippen LogP contribution in [0.3, 0.4) is 0 Å². The van der Waals surface area contributed by atoms with Gasteiger partial charge in [-0.2, -0.15) is 5.26 Å². The molecule has 17 heavy (non-hydrogen) atoms. The quantitative estimate of drug-likeness (QED) is 0.546. The highest BCUT2D eigenvalue weighted by atomic mass is 19.2. The van der Waals surface area contributed by atoms with Gasteiger partial charge >= 0.3 is 0 Å². The fraction of sp³-hybridized carbons (Fsp3) is 0.357. The maximum atomic E-state index is 13.0. The van der Waals surface area contributed by atoms with Crippen molar-refractivity contribution in [2.24, 2.45) is 0 Å². The van der Waals surface area contributed by atoms with Gasteiger partial charge < -0.3 is 0 Å². The van der Waals surface area contributed by atoms with Crippen molar-refractivity contribution in [2.45, 2.75) is 32.6 Å². The first-order chi connectivity index (χ1) is 8.17. The van der Waals surface area contributed by atoms with E-state index in [4.69, 9.17) is 5.26 Å². The van der Waals surface area contributed by atoms with Crippen LogP contribution in [0.5, 0.6) is 0 Å². The Kier molecular flexibility index (Phi) is 5.35. The number of hydrogen-bond acceptors (Lipinski definition) is 1. The zero-order chi connectivity index (χ0) is 12.7. The van der Waals surface area contributed by atoms with E-state index in [0.717, 1.165) is 31.4 Å². The third-order valence-corrected chi connectivity index (χ3v) is 2.48. The zero-order valence-electron chi connectivity index (χ0n) is 9.84. The molecule has 1 aromatic rings. The number of rotatable bonds is 5. The lowest BCUT2D eigenvalue weighted by atomic mass is 10.1. The van der Waals surface area contributed by atoms with Crippen LogP contribution in [0.25, 0.3) is 6.08 Å². The van der Waals surface area contributed by atoms with Crippen LogP contribution in [-0.4, -0.2) is 0 Å². The first-order valence-electron chi connectivity index (χ1n) is 5.73. The lowest BCUT2D eigenvalue weighted by Crippen LogP contribution is -1.86. The molecule has 90 valence electrons. The van der Waals surface area contributed by atoms with E-state index in [-0.39, 0.29) is 0 Å². The summed E-state index contributed by atoms with van der Waals surface area (Å²) in [5.74, 6) is -1.75. The molecule has 0 heterocycles. The van der Waals surface area contributed by atoms with E-state index in [1.165, 1.54) is 6.07 Å². The van der Waals surface area contributed by atoms with Gasteiger partial charge in [-0.15, -0.1) is 0 Å². The largest absolute Gasteiger partial charge is 0.204 e. The molecule has 1 nitrogen and oxygen atoms in total. The van der Waals surface area contributed by atoms with Crippen LogP contribution >= 0.6 is 0 Å². The monoisotopic (exact) mass is 235 g/mol. The summed E-state index contributed by atoms with van der Waals surface area (Å²) in [4.78, 5) is 0. The lowest BCUT2D eigenvalue weighted by molar-refractivity contribution is 0.508. The van der Waals surface area contributed by atoms with E-state index >= 15 is 0 Å². The zero-order valence-corrected chi connectivity index (χ0v) is 9.84. The van der Waals surface area contributed by atoms with Crippen LogP contribution in [0.15, 0.2) is 23.8 Å². The van der Waals surface area contributed by atoms with Crippen molar-refractivity contribution in [1.82, 2.24) is 0 Å². The Bertz CT molecular complexity index is 444. The molecule has 0 aliphatic heterocycles. The van der Waals surface area contributed by atoms with E-state index in [1.54, 1.807) is 6.08 Å². The molecule has 0 bridgehead atoms. The fourth-order valence-electron chi connectivity index (χ4n) is 1.53. The standard InChI is InChI=1S/C14H15F2N/c1-2-3-4-5-12(10-17)8-11-6-7-13(15)14(16)9-11/h6-9H,2-5H2,1H3/b12-8-. The number of unbranched alkanes of at least 4 members (excludes halogenated alkanes) is 2. The smallest absolute Gasteiger partial charge is 0.159 e.